The summed E-state index contributed by atoms with van der Waals surface area (Å²) in [6, 6.07) is 22.8. The number of hydrogen-bond acceptors (Lipinski definition) is 3. The number of fused-ring (bicyclic) bond motifs is 1. The average molecular weight is 370 g/mol. The third kappa shape index (κ3) is 3.07. The lowest BCUT2D eigenvalue weighted by molar-refractivity contribution is 0.0921. The van der Waals surface area contributed by atoms with E-state index in [2.05, 4.69) is 5.32 Å². The van der Waals surface area contributed by atoms with Crippen molar-refractivity contribution in [3.63, 3.8) is 0 Å². The van der Waals surface area contributed by atoms with E-state index in [1.54, 1.807) is 48.5 Å². The molecule has 0 aromatic heterocycles. The molecule has 1 atom stereocenters. The fourth-order valence-corrected chi connectivity index (χ4v) is 3.29. The minimum atomic E-state index is -0.351. The fourth-order valence-electron chi connectivity index (χ4n) is 3.29. The van der Waals surface area contributed by atoms with E-state index in [-0.39, 0.29) is 23.8 Å². The zero-order valence-electron chi connectivity index (χ0n) is 15.3. The van der Waals surface area contributed by atoms with Gasteiger partial charge in [-0.05, 0) is 48.9 Å². The van der Waals surface area contributed by atoms with Gasteiger partial charge in [0.05, 0.1) is 22.9 Å². The van der Waals surface area contributed by atoms with Gasteiger partial charge in [-0.2, -0.15) is 0 Å². The highest BCUT2D eigenvalue weighted by Gasteiger charge is 2.36. The van der Waals surface area contributed by atoms with Crippen LogP contribution in [0.5, 0.6) is 0 Å². The van der Waals surface area contributed by atoms with Crippen molar-refractivity contribution in [3.8, 4) is 0 Å². The van der Waals surface area contributed by atoms with Gasteiger partial charge in [0.25, 0.3) is 17.7 Å². The molecule has 1 N–H and O–H groups in total. The molecule has 0 spiro atoms. The number of carbonyl (C=O) groups excluding carboxylic acids is 3. The lowest BCUT2D eigenvalue weighted by Gasteiger charge is -2.16. The van der Waals surface area contributed by atoms with Crippen LogP contribution in [-0.4, -0.2) is 17.7 Å². The summed E-state index contributed by atoms with van der Waals surface area (Å²) in [6.45, 7) is 1.92. The zero-order chi connectivity index (χ0) is 19.7. The van der Waals surface area contributed by atoms with Crippen LogP contribution >= 0.6 is 0 Å². The normalized spacial score (nSPS) is 14.0. The Morgan fingerprint density at radius 2 is 1.32 bits per heavy atom. The van der Waals surface area contributed by atoms with Gasteiger partial charge in [-0.1, -0.05) is 42.5 Å². The summed E-state index contributed by atoms with van der Waals surface area (Å²) >= 11 is 0. The molecule has 1 heterocycles. The quantitative estimate of drug-likeness (QED) is 0.707. The first-order chi connectivity index (χ1) is 13.6. The summed E-state index contributed by atoms with van der Waals surface area (Å²) in [7, 11) is 0. The molecule has 0 bridgehead atoms. The third-order valence-corrected chi connectivity index (χ3v) is 4.83. The molecule has 1 aliphatic rings. The van der Waals surface area contributed by atoms with E-state index in [4.69, 9.17) is 0 Å². The molecule has 4 rings (SSSR count). The van der Waals surface area contributed by atoms with Crippen molar-refractivity contribution in [1.29, 1.82) is 0 Å². The Hall–Kier alpha value is -3.73. The van der Waals surface area contributed by atoms with Gasteiger partial charge < -0.3 is 5.32 Å². The fraction of sp³-hybridized carbons (Fsp3) is 0.0870. The monoisotopic (exact) mass is 370 g/mol. The molecule has 0 unspecified atom stereocenters. The predicted octanol–water partition coefficient (Wildman–Crippen LogP) is 3.98. The van der Waals surface area contributed by atoms with E-state index in [1.807, 2.05) is 37.3 Å². The van der Waals surface area contributed by atoms with E-state index in [0.29, 0.717) is 22.4 Å². The molecular weight excluding hydrogens is 352 g/mol. The van der Waals surface area contributed by atoms with E-state index in [1.165, 1.54) is 0 Å². The van der Waals surface area contributed by atoms with Crippen LogP contribution in [0.3, 0.4) is 0 Å². The van der Waals surface area contributed by atoms with Gasteiger partial charge in [-0.3, -0.25) is 14.4 Å². The Labute approximate surface area is 162 Å². The molecule has 3 aromatic carbocycles. The highest BCUT2D eigenvalue weighted by molar-refractivity contribution is 6.34. The topological polar surface area (TPSA) is 66.5 Å². The summed E-state index contributed by atoms with van der Waals surface area (Å²) in [6.07, 6.45) is 0. The Morgan fingerprint density at radius 3 is 1.89 bits per heavy atom. The highest BCUT2D eigenvalue weighted by Crippen LogP contribution is 2.28. The third-order valence-electron chi connectivity index (χ3n) is 4.83. The van der Waals surface area contributed by atoms with E-state index >= 15 is 0 Å². The molecule has 0 saturated carbocycles. The van der Waals surface area contributed by atoms with Crippen LogP contribution in [0.2, 0.25) is 0 Å². The molecule has 1 aliphatic heterocycles. The van der Waals surface area contributed by atoms with Gasteiger partial charge in [-0.15, -0.1) is 0 Å². The first-order valence-corrected chi connectivity index (χ1v) is 9.00. The van der Waals surface area contributed by atoms with Crippen LogP contribution in [0.15, 0.2) is 78.9 Å². The first kappa shape index (κ1) is 17.7. The Balaban J connectivity index is 1.51. The first-order valence-electron chi connectivity index (χ1n) is 9.00. The maximum Gasteiger partial charge on any atom is 0.266 e. The number of anilines is 1. The summed E-state index contributed by atoms with van der Waals surface area (Å²) in [5, 5.41) is 2.95. The lowest BCUT2D eigenvalue weighted by Crippen LogP contribution is -2.29. The van der Waals surface area contributed by atoms with Crippen molar-refractivity contribution in [2.75, 3.05) is 4.90 Å². The summed E-state index contributed by atoms with van der Waals surface area (Å²) in [5.74, 6) is -0.920. The molecule has 0 aliphatic carbocycles. The van der Waals surface area contributed by atoms with E-state index < -0.39 is 0 Å². The number of amides is 3. The second kappa shape index (κ2) is 7.12. The van der Waals surface area contributed by atoms with E-state index in [0.717, 1.165) is 10.5 Å². The van der Waals surface area contributed by atoms with Crippen LogP contribution in [0.25, 0.3) is 0 Å². The molecule has 3 amide bonds. The number of rotatable bonds is 4. The van der Waals surface area contributed by atoms with Crippen molar-refractivity contribution in [2.24, 2.45) is 0 Å². The van der Waals surface area contributed by atoms with Crippen molar-refractivity contribution in [1.82, 2.24) is 5.32 Å². The van der Waals surface area contributed by atoms with Crippen molar-refractivity contribution >= 4 is 23.4 Å². The van der Waals surface area contributed by atoms with Crippen molar-refractivity contribution in [3.05, 3.63) is 101 Å². The Kier molecular flexibility index (Phi) is 4.49. The zero-order valence-corrected chi connectivity index (χ0v) is 15.3. The molecule has 0 fully saturated rings. The van der Waals surface area contributed by atoms with Crippen LogP contribution in [-0.2, 0) is 0 Å². The molecule has 0 radical (unpaired) electrons. The van der Waals surface area contributed by atoms with Gasteiger partial charge in [-0.25, -0.2) is 4.90 Å². The van der Waals surface area contributed by atoms with Crippen LogP contribution < -0.4 is 10.2 Å². The van der Waals surface area contributed by atoms with Crippen molar-refractivity contribution < 1.29 is 14.4 Å². The number of nitrogens with zero attached hydrogens (tertiary/aromatic N) is 1. The number of hydrogen-bond donors (Lipinski definition) is 1. The molecule has 5 heteroatoms. The molecule has 138 valence electrons. The summed E-state index contributed by atoms with van der Waals surface area (Å²) < 4.78 is 0. The van der Waals surface area contributed by atoms with Gasteiger partial charge in [0, 0.05) is 5.56 Å². The van der Waals surface area contributed by atoms with Gasteiger partial charge in [0.15, 0.2) is 0 Å². The second-order valence-electron chi connectivity index (χ2n) is 6.64. The average Bonchev–Trinajstić information content (AvgIpc) is 2.99. The van der Waals surface area contributed by atoms with Crippen LogP contribution in [0.4, 0.5) is 5.69 Å². The highest BCUT2D eigenvalue weighted by atomic mass is 16.2. The number of benzene rings is 3. The summed E-state index contributed by atoms with van der Waals surface area (Å²) in [4.78, 5) is 38.8. The van der Waals surface area contributed by atoms with Crippen molar-refractivity contribution in [2.45, 2.75) is 13.0 Å². The molecular formula is C23H18N2O3. The lowest BCUT2D eigenvalue weighted by atomic mass is 10.1. The van der Waals surface area contributed by atoms with Gasteiger partial charge in [0.2, 0.25) is 0 Å². The number of nitrogens with one attached hydrogen (secondary N) is 1. The predicted molar refractivity (Wildman–Crippen MR) is 106 cm³/mol. The molecule has 3 aromatic rings. The molecule has 5 nitrogen and oxygen atoms in total. The second-order valence-corrected chi connectivity index (χ2v) is 6.64. The smallest absolute Gasteiger partial charge is 0.266 e. The molecule has 0 saturated heterocycles. The molecule has 28 heavy (non-hydrogen) atoms. The maximum absolute atomic E-state index is 12.6. The van der Waals surface area contributed by atoms with Gasteiger partial charge in [0.1, 0.15) is 0 Å². The number of carbonyl (C=O) groups is 3. The minimum absolute atomic E-state index is 0.135. The van der Waals surface area contributed by atoms with E-state index in [9.17, 15) is 14.4 Å². The standard InChI is InChI=1S/C23H18N2O3/c1-15(16-7-3-2-4-8-16)24-21(26)17-11-13-18(14-12-17)25-22(27)19-9-5-6-10-20(19)23(25)28/h2-15H,1H3,(H,24,26)/t15-/m1/s1. The SMILES string of the molecule is C[C@@H](NC(=O)c1ccc(N2C(=O)c3ccccc3C2=O)cc1)c1ccccc1. The Morgan fingerprint density at radius 1 is 0.786 bits per heavy atom. The Bertz CT molecular complexity index is 1020. The minimum Gasteiger partial charge on any atom is -0.346 e. The van der Waals surface area contributed by atoms with Crippen LogP contribution in [0.1, 0.15) is 49.6 Å². The largest absolute Gasteiger partial charge is 0.346 e. The van der Waals surface area contributed by atoms with Crippen LogP contribution in [0, 0.1) is 0 Å². The number of imide groups is 1. The van der Waals surface area contributed by atoms with Gasteiger partial charge >= 0.3 is 0 Å². The maximum atomic E-state index is 12.6. The summed E-state index contributed by atoms with van der Waals surface area (Å²) in [5.41, 5.74) is 2.71.